The molecular weight excluding hydrogens is 292 g/mol. The predicted molar refractivity (Wildman–Crippen MR) is 88.8 cm³/mol. The van der Waals surface area contributed by atoms with Gasteiger partial charge in [-0.25, -0.2) is 4.79 Å². The molecule has 0 saturated carbocycles. The fourth-order valence-corrected chi connectivity index (χ4v) is 2.47. The molecule has 0 aliphatic carbocycles. The molecule has 122 valence electrons. The first-order valence-corrected chi connectivity index (χ1v) is 7.85. The number of carboxylic acids is 1. The van der Waals surface area contributed by atoms with Gasteiger partial charge in [-0.2, -0.15) is 0 Å². The molecule has 0 heterocycles. The SMILES string of the molecule is O=C(O)c1ccccc1COc1ccccc1CCCCCO. The number of aliphatic hydroxyl groups is 1. The predicted octanol–water partition coefficient (Wildman–Crippen LogP) is 3.67. The number of hydrogen-bond donors (Lipinski definition) is 2. The summed E-state index contributed by atoms with van der Waals surface area (Å²) in [5.74, 6) is -0.154. The molecule has 0 radical (unpaired) electrons. The van der Waals surface area contributed by atoms with Crippen molar-refractivity contribution in [3.05, 3.63) is 65.2 Å². The molecule has 2 aromatic carbocycles. The lowest BCUT2D eigenvalue weighted by atomic mass is 10.1. The van der Waals surface area contributed by atoms with Gasteiger partial charge in [-0.3, -0.25) is 0 Å². The average Bonchev–Trinajstić information content (AvgIpc) is 2.58. The van der Waals surface area contributed by atoms with E-state index in [9.17, 15) is 9.90 Å². The summed E-state index contributed by atoms with van der Waals surface area (Å²) in [6.07, 6.45) is 3.67. The Bertz CT molecular complexity index is 637. The minimum absolute atomic E-state index is 0.226. The van der Waals surface area contributed by atoms with Gasteiger partial charge < -0.3 is 14.9 Å². The smallest absolute Gasteiger partial charge is 0.336 e. The molecule has 0 atom stereocenters. The van der Waals surface area contributed by atoms with Gasteiger partial charge in [0.25, 0.3) is 0 Å². The number of benzene rings is 2. The summed E-state index contributed by atoms with van der Waals surface area (Å²) in [5.41, 5.74) is 2.04. The van der Waals surface area contributed by atoms with E-state index < -0.39 is 5.97 Å². The third-order valence-corrected chi connectivity index (χ3v) is 3.71. The highest BCUT2D eigenvalue weighted by Gasteiger charge is 2.10. The van der Waals surface area contributed by atoms with Crippen LogP contribution < -0.4 is 4.74 Å². The molecule has 0 amide bonds. The van der Waals surface area contributed by atoms with Crippen molar-refractivity contribution in [2.24, 2.45) is 0 Å². The Balaban J connectivity index is 2.02. The normalized spacial score (nSPS) is 10.5. The summed E-state index contributed by atoms with van der Waals surface area (Å²) in [5, 5.41) is 18.0. The number of aryl methyl sites for hydroxylation is 1. The van der Waals surface area contributed by atoms with E-state index in [1.165, 1.54) is 0 Å². The highest BCUT2D eigenvalue weighted by Crippen LogP contribution is 2.22. The molecule has 2 rings (SSSR count). The first-order valence-electron chi connectivity index (χ1n) is 7.85. The molecular formula is C19H22O4. The van der Waals surface area contributed by atoms with Crippen LogP contribution in [0.2, 0.25) is 0 Å². The van der Waals surface area contributed by atoms with Crippen LogP contribution in [0, 0.1) is 0 Å². The summed E-state index contributed by atoms with van der Waals surface area (Å²) in [6, 6.07) is 14.7. The van der Waals surface area contributed by atoms with Gasteiger partial charge in [0.15, 0.2) is 0 Å². The van der Waals surface area contributed by atoms with Crippen LogP contribution in [0.15, 0.2) is 48.5 Å². The lowest BCUT2D eigenvalue weighted by molar-refractivity contribution is 0.0694. The van der Waals surface area contributed by atoms with Crippen molar-refractivity contribution in [3.8, 4) is 5.75 Å². The van der Waals surface area contributed by atoms with Crippen LogP contribution in [0.3, 0.4) is 0 Å². The molecule has 0 aromatic heterocycles. The number of para-hydroxylation sites is 1. The van der Waals surface area contributed by atoms with E-state index >= 15 is 0 Å². The van der Waals surface area contributed by atoms with Crippen molar-refractivity contribution < 1.29 is 19.7 Å². The Morgan fingerprint density at radius 3 is 2.35 bits per heavy atom. The maximum atomic E-state index is 11.2. The molecule has 0 fully saturated rings. The number of carboxylic acid groups (broad SMARTS) is 1. The van der Waals surface area contributed by atoms with Gasteiger partial charge in [-0.05, 0) is 37.0 Å². The number of rotatable bonds is 9. The van der Waals surface area contributed by atoms with E-state index in [4.69, 9.17) is 9.84 Å². The Labute approximate surface area is 136 Å². The molecule has 0 spiro atoms. The third kappa shape index (κ3) is 5.11. The molecule has 2 N–H and O–H groups in total. The topological polar surface area (TPSA) is 66.8 Å². The van der Waals surface area contributed by atoms with E-state index in [1.54, 1.807) is 18.2 Å². The number of ether oxygens (including phenoxy) is 1. The fraction of sp³-hybridized carbons (Fsp3) is 0.316. The monoisotopic (exact) mass is 314 g/mol. The van der Waals surface area contributed by atoms with Crippen molar-refractivity contribution >= 4 is 5.97 Å². The minimum atomic E-state index is -0.943. The van der Waals surface area contributed by atoms with E-state index in [-0.39, 0.29) is 18.8 Å². The molecule has 0 aliphatic rings. The maximum absolute atomic E-state index is 11.2. The summed E-state index contributed by atoms with van der Waals surface area (Å²) in [4.78, 5) is 11.2. The average molecular weight is 314 g/mol. The van der Waals surface area contributed by atoms with E-state index in [0.29, 0.717) is 5.56 Å². The number of carbonyl (C=O) groups is 1. The zero-order valence-electron chi connectivity index (χ0n) is 13.1. The standard InChI is InChI=1S/C19H22O4/c20-13-7-1-2-8-15-9-4-6-12-18(15)23-14-16-10-3-5-11-17(16)19(21)22/h3-6,9-12,20H,1-2,7-8,13-14H2,(H,21,22). The largest absolute Gasteiger partial charge is 0.489 e. The van der Waals surface area contributed by atoms with Crippen molar-refractivity contribution in [1.29, 1.82) is 0 Å². The maximum Gasteiger partial charge on any atom is 0.336 e. The van der Waals surface area contributed by atoms with Gasteiger partial charge in [-0.15, -0.1) is 0 Å². The minimum Gasteiger partial charge on any atom is -0.489 e. The summed E-state index contributed by atoms with van der Waals surface area (Å²) < 4.78 is 5.86. The van der Waals surface area contributed by atoms with Crippen molar-refractivity contribution in [2.75, 3.05) is 6.61 Å². The summed E-state index contributed by atoms with van der Waals surface area (Å²) in [7, 11) is 0. The van der Waals surface area contributed by atoms with Crippen LogP contribution in [-0.4, -0.2) is 22.8 Å². The van der Waals surface area contributed by atoms with Gasteiger partial charge in [0.05, 0.1) is 5.56 Å². The van der Waals surface area contributed by atoms with Crippen LogP contribution >= 0.6 is 0 Å². The molecule has 23 heavy (non-hydrogen) atoms. The van der Waals surface area contributed by atoms with Gasteiger partial charge in [0.2, 0.25) is 0 Å². The van der Waals surface area contributed by atoms with Gasteiger partial charge >= 0.3 is 5.97 Å². The number of hydrogen-bond acceptors (Lipinski definition) is 3. The van der Waals surface area contributed by atoms with Crippen LogP contribution in [0.4, 0.5) is 0 Å². The zero-order valence-corrected chi connectivity index (χ0v) is 13.1. The van der Waals surface area contributed by atoms with Crippen LogP contribution in [0.5, 0.6) is 5.75 Å². The fourth-order valence-electron chi connectivity index (χ4n) is 2.47. The molecule has 0 bridgehead atoms. The lowest BCUT2D eigenvalue weighted by Crippen LogP contribution is -2.06. The van der Waals surface area contributed by atoms with E-state index in [0.717, 1.165) is 37.0 Å². The molecule has 4 nitrogen and oxygen atoms in total. The molecule has 2 aromatic rings. The molecule has 4 heteroatoms. The van der Waals surface area contributed by atoms with Crippen LogP contribution in [0.25, 0.3) is 0 Å². The summed E-state index contributed by atoms with van der Waals surface area (Å²) in [6.45, 7) is 0.459. The molecule has 0 unspecified atom stereocenters. The first kappa shape index (κ1) is 17.0. The highest BCUT2D eigenvalue weighted by molar-refractivity contribution is 5.89. The molecule has 0 saturated heterocycles. The Hall–Kier alpha value is -2.33. The van der Waals surface area contributed by atoms with Crippen LogP contribution in [-0.2, 0) is 13.0 Å². The van der Waals surface area contributed by atoms with Crippen LogP contribution in [0.1, 0.15) is 40.7 Å². The van der Waals surface area contributed by atoms with Gasteiger partial charge in [0, 0.05) is 12.2 Å². The Morgan fingerprint density at radius 2 is 1.61 bits per heavy atom. The van der Waals surface area contributed by atoms with E-state index in [1.807, 2.05) is 30.3 Å². The Kier molecular flexibility index (Phi) is 6.63. The van der Waals surface area contributed by atoms with E-state index in [2.05, 4.69) is 0 Å². The summed E-state index contributed by atoms with van der Waals surface area (Å²) >= 11 is 0. The third-order valence-electron chi connectivity index (χ3n) is 3.71. The molecule has 0 aliphatic heterocycles. The number of unbranched alkanes of at least 4 members (excludes halogenated alkanes) is 2. The van der Waals surface area contributed by atoms with Crippen molar-refractivity contribution in [3.63, 3.8) is 0 Å². The second-order valence-corrected chi connectivity index (χ2v) is 5.39. The quantitative estimate of drug-likeness (QED) is 0.693. The van der Waals surface area contributed by atoms with Gasteiger partial charge in [0.1, 0.15) is 12.4 Å². The van der Waals surface area contributed by atoms with Crippen molar-refractivity contribution in [2.45, 2.75) is 32.3 Å². The number of aromatic carboxylic acids is 1. The van der Waals surface area contributed by atoms with Gasteiger partial charge in [-0.1, -0.05) is 42.8 Å². The second-order valence-electron chi connectivity index (χ2n) is 5.39. The highest BCUT2D eigenvalue weighted by atomic mass is 16.5. The number of aliphatic hydroxyl groups excluding tert-OH is 1. The van der Waals surface area contributed by atoms with Crippen molar-refractivity contribution in [1.82, 2.24) is 0 Å². The Morgan fingerprint density at radius 1 is 0.913 bits per heavy atom. The zero-order chi connectivity index (χ0) is 16.5. The first-order chi connectivity index (χ1) is 11.2. The second kappa shape index (κ2) is 8.96. The lowest BCUT2D eigenvalue weighted by Gasteiger charge is -2.12.